The summed E-state index contributed by atoms with van der Waals surface area (Å²) in [6.45, 7) is 4.83. The van der Waals surface area contributed by atoms with Crippen molar-refractivity contribution in [1.82, 2.24) is 14.9 Å². The van der Waals surface area contributed by atoms with Crippen molar-refractivity contribution in [1.29, 1.82) is 0 Å². The molecule has 18 heavy (non-hydrogen) atoms. The van der Waals surface area contributed by atoms with Crippen LogP contribution in [0, 0.1) is 5.92 Å². The predicted molar refractivity (Wildman–Crippen MR) is 65.8 cm³/mol. The van der Waals surface area contributed by atoms with Gasteiger partial charge >= 0.3 is 0 Å². The third-order valence-corrected chi connectivity index (χ3v) is 2.87. The predicted octanol–water partition coefficient (Wildman–Crippen LogP) is 0.308. The van der Waals surface area contributed by atoms with Crippen LogP contribution in [0.1, 0.15) is 13.8 Å². The summed E-state index contributed by atoms with van der Waals surface area (Å²) < 4.78 is 0. The fraction of sp³-hybridized carbons (Fsp3) is 0.500. The Balaban J connectivity index is 2.06. The van der Waals surface area contributed by atoms with Gasteiger partial charge in [0.1, 0.15) is 18.7 Å². The normalized spacial score (nSPS) is 16.3. The molecule has 0 N–H and O–H groups in total. The summed E-state index contributed by atoms with van der Waals surface area (Å²) in [5, 5.41) is 0. The van der Waals surface area contributed by atoms with Crippen molar-refractivity contribution in [2.75, 3.05) is 24.5 Å². The molecule has 1 aromatic heterocycles. The SMILES string of the molecule is CC(C)C(=O)N1CCN(c2ccncn2)C(=O)C1. The topological polar surface area (TPSA) is 66.4 Å². The van der Waals surface area contributed by atoms with Crippen LogP contribution in [0.5, 0.6) is 0 Å². The minimum Gasteiger partial charge on any atom is -0.331 e. The molecule has 0 atom stereocenters. The van der Waals surface area contributed by atoms with Crippen LogP contribution in [-0.2, 0) is 9.59 Å². The highest BCUT2D eigenvalue weighted by molar-refractivity contribution is 5.97. The van der Waals surface area contributed by atoms with Crippen molar-refractivity contribution in [3.05, 3.63) is 18.6 Å². The molecule has 1 fully saturated rings. The molecule has 0 saturated carbocycles. The Bertz CT molecular complexity index is 447. The van der Waals surface area contributed by atoms with E-state index in [1.165, 1.54) is 6.33 Å². The lowest BCUT2D eigenvalue weighted by Crippen LogP contribution is -2.53. The lowest BCUT2D eigenvalue weighted by molar-refractivity contribution is -0.139. The highest BCUT2D eigenvalue weighted by Gasteiger charge is 2.29. The average molecular weight is 248 g/mol. The van der Waals surface area contributed by atoms with Crippen molar-refractivity contribution in [3.8, 4) is 0 Å². The van der Waals surface area contributed by atoms with Gasteiger partial charge in [-0.2, -0.15) is 0 Å². The van der Waals surface area contributed by atoms with Gasteiger partial charge in [0.15, 0.2) is 0 Å². The molecular formula is C12H16N4O2. The molecule has 6 heteroatoms. The lowest BCUT2D eigenvalue weighted by atomic mass is 10.1. The van der Waals surface area contributed by atoms with Crippen molar-refractivity contribution in [3.63, 3.8) is 0 Å². The van der Waals surface area contributed by atoms with Crippen LogP contribution in [0.2, 0.25) is 0 Å². The van der Waals surface area contributed by atoms with Gasteiger partial charge in [0.25, 0.3) is 0 Å². The van der Waals surface area contributed by atoms with Crippen LogP contribution >= 0.6 is 0 Å². The van der Waals surface area contributed by atoms with Gasteiger partial charge in [0, 0.05) is 25.2 Å². The van der Waals surface area contributed by atoms with E-state index in [-0.39, 0.29) is 24.3 Å². The molecule has 2 heterocycles. The van der Waals surface area contributed by atoms with Gasteiger partial charge in [-0.3, -0.25) is 14.5 Å². The zero-order valence-electron chi connectivity index (χ0n) is 10.5. The van der Waals surface area contributed by atoms with Gasteiger partial charge in [0.05, 0.1) is 0 Å². The minimum atomic E-state index is -0.103. The van der Waals surface area contributed by atoms with E-state index in [1.54, 1.807) is 22.1 Å². The number of nitrogens with zero attached hydrogens (tertiary/aromatic N) is 4. The minimum absolute atomic E-state index is 0.0192. The van der Waals surface area contributed by atoms with Crippen molar-refractivity contribution >= 4 is 17.6 Å². The molecule has 2 rings (SSSR count). The van der Waals surface area contributed by atoms with E-state index in [1.807, 2.05) is 13.8 Å². The highest BCUT2D eigenvalue weighted by atomic mass is 16.2. The summed E-state index contributed by atoms with van der Waals surface area (Å²) in [6, 6.07) is 1.69. The van der Waals surface area contributed by atoms with Gasteiger partial charge in [-0.05, 0) is 6.07 Å². The zero-order valence-corrected chi connectivity index (χ0v) is 10.5. The van der Waals surface area contributed by atoms with Crippen molar-refractivity contribution in [2.45, 2.75) is 13.8 Å². The Labute approximate surface area is 106 Å². The van der Waals surface area contributed by atoms with E-state index in [4.69, 9.17) is 0 Å². The number of amides is 2. The van der Waals surface area contributed by atoms with Crippen LogP contribution in [0.25, 0.3) is 0 Å². The Morgan fingerprint density at radius 3 is 2.72 bits per heavy atom. The number of hydrogen-bond donors (Lipinski definition) is 0. The lowest BCUT2D eigenvalue weighted by Gasteiger charge is -2.34. The summed E-state index contributed by atoms with van der Waals surface area (Å²) in [4.78, 5) is 34.9. The van der Waals surface area contributed by atoms with Crippen LogP contribution in [0.3, 0.4) is 0 Å². The van der Waals surface area contributed by atoms with E-state index in [2.05, 4.69) is 9.97 Å². The summed E-state index contributed by atoms with van der Waals surface area (Å²) in [6.07, 6.45) is 3.01. The third-order valence-electron chi connectivity index (χ3n) is 2.87. The molecule has 96 valence electrons. The smallest absolute Gasteiger partial charge is 0.247 e. The Hall–Kier alpha value is -1.98. The fourth-order valence-corrected chi connectivity index (χ4v) is 1.91. The maximum absolute atomic E-state index is 12.0. The Kier molecular flexibility index (Phi) is 3.55. The molecule has 1 aliphatic heterocycles. The van der Waals surface area contributed by atoms with Gasteiger partial charge in [-0.25, -0.2) is 9.97 Å². The molecule has 1 saturated heterocycles. The monoisotopic (exact) mass is 248 g/mol. The number of piperazine rings is 1. The van der Waals surface area contributed by atoms with Crippen LogP contribution in [-0.4, -0.2) is 46.3 Å². The van der Waals surface area contributed by atoms with Gasteiger partial charge in [-0.1, -0.05) is 13.8 Å². The molecule has 0 bridgehead atoms. The molecule has 1 aliphatic rings. The fourth-order valence-electron chi connectivity index (χ4n) is 1.91. The average Bonchev–Trinajstić information content (AvgIpc) is 2.38. The molecule has 0 radical (unpaired) electrons. The van der Waals surface area contributed by atoms with Gasteiger partial charge in [0.2, 0.25) is 11.8 Å². The molecule has 2 amide bonds. The Morgan fingerprint density at radius 1 is 1.39 bits per heavy atom. The maximum atomic E-state index is 12.0. The van der Waals surface area contributed by atoms with E-state index in [9.17, 15) is 9.59 Å². The maximum Gasteiger partial charge on any atom is 0.247 e. The summed E-state index contributed by atoms with van der Waals surface area (Å²) in [7, 11) is 0. The van der Waals surface area contributed by atoms with E-state index >= 15 is 0 Å². The van der Waals surface area contributed by atoms with Crippen molar-refractivity contribution < 1.29 is 9.59 Å². The molecule has 0 aromatic carbocycles. The Morgan fingerprint density at radius 2 is 2.17 bits per heavy atom. The molecule has 0 unspecified atom stereocenters. The van der Waals surface area contributed by atoms with E-state index in [0.717, 1.165) is 0 Å². The number of hydrogen-bond acceptors (Lipinski definition) is 4. The first-order valence-electron chi connectivity index (χ1n) is 5.94. The summed E-state index contributed by atoms with van der Waals surface area (Å²) in [5.41, 5.74) is 0. The van der Waals surface area contributed by atoms with Crippen LogP contribution in [0.15, 0.2) is 18.6 Å². The van der Waals surface area contributed by atoms with Crippen molar-refractivity contribution in [2.24, 2.45) is 5.92 Å². The van der Waals surface area contributed by atoms with Gasteiger partial charge in [-0.15, -0.1) is 0 Å². The molecule has 0 aliphatic carbocycles. The summed E-state index contributed by atoms with van der Waals surface area (Å²) in [5.74, 6) is 0.426. The first-order chi connectivity index (χ1) is 8.59. The molecule has 6 nitrogen and oxygen atoms in total. The zero-order chi connectivity index (χ0) is 13.1. The number of rotatable bonds is 2. The molecule has 0 spiro atoms. The largest absolute Gasteiger partial charge is 0.331 e. The van der Waals surface area contributed by atoms with Crippen LogP contribution in [0.4, 0.5) is 5.82 Å². The third kappa shape index (κ3) is 2.47. The first kappa shape index (κ1) is 12.5. The summed E-state index contributed by atoms with van der Waals surface area (Å²) >= 11 is 0. The standard InChI is InChI=1S/C12H16N4O2/c1-9(2)12(18)15-5-6-16(11(17)7-15)10-3-4-13-8-14-10/h3-4,8-9H,5-7H2,1-2H3. The number of carbonyl (C=O) groups is 2. The number of carbonyl (C=O) groups excluding carboxylic acids is 2. The second-order valence-corrected chi connectivity index (χ2v) is 4.53. The highest BCUT2D eigenvalue weighted by Crippen LogP contribution is 2.14. The van der Waals surface area contributed by atoms with Crippen LogP contribution < -0.4 is 4.90 Å². The quantitative estimate of drug-likeness (QED) is 0.755. The second-order valence-electron chi connectivity index (χ2n) is 4.53. The first-order valence-corrected chi connectivity index (χ1v) is 5.94. The second kappa shape index (κ2) is 5.12. The molecule has 1 aromatic rings. The van der Waals surface area contributed by atoms with Gasteiger partial charge < -0.3 is 4.90 Å². The number of aromatic nitrogens is 2. The van der Waals surface area contributed by atoms with E-state index < -0.39 is 0 Å². The van der Waals surface area contributed by atoms with E-state index in [0.29, 0.717) is 18.9 Å². The number of anilines is 1. The molecular weight excluding hydrogens is 232 g/mol.